The highest BCUT2D eigenvalue weighted by Gasteiger charge is 2.26. The number of hydrogen-bond acceptors (Lipinski definition) is 4. The van der Waals surface area contributed by atoms with Gasteiger partial charge in [0, 0.05) is 49.0 Å². The van der Waals surface area contributed by atoms with Crippen molar-refractivity contribution in [3.63, 3.8) is 0 Å². The van der Waals surface area contributed by atoms with Gasteiger partial charge in [0.15, 0.2) is 0 Å². The molecule has 1 aliphatic heterocycles. The van der Waals surface area contributed by atoms with Crippen molar-refractivity contribution in [2.24, 2.45) is 0 Å². The maximum atomic E-state index is 5.81. The fraction of sp³-hybridized carbons (Fsp3) is 0.789. The van der Waals surface area contributed by atoms with Gasteiger partial charge < -0.3 is 4.90 Å². The van der Waals surface area contributed by atoms with E-state index in [0.717, 1.165) is 62.4 Å². The van der Waals surface area contributed by atoms with Gasteiger partial charge in [0.1, 0.15) is 11.6 Å². The molecule has 2 heterocycles. The molecule has 0 spiro atoms. The number of halogens is 1. The molecule has 2 rings (SSSR count). The predicted octanol–water partition coefficient (Wildman–Crippen LogP) is 3.82. The third-order valence-electron chi connectivity index (χ3n) is 4.46. The Bertz CT molecular complexity index is 505. The summed E-state index contributed by atoms with van der Waals surface area (Å²) in [6, 6.07) is 2.18. The van der Waals surface area contributed by atoms with Gasteiger partial charge in [-0.2, -0.15) is 0 Å². The van der Waals surface area contributed by atoms with Gasteiger partial charge in [0.05, 0.1) is 5.69 Å². The zero-order chi connectivity index (χ0) is 18.0. The molecule has 4 nitrogen and oxygen atoms in total. The molecule has 1 fully saturated rings. The van der Waals surface area contributed by atoms with Crippen LogP contribution in [0.3, 0.4) is 0 Å². The van der Waals surface area contributed by atoms with Crippen LogP contribution in [0.1, 0.15) is 59.5 Å². The summed E-state index contributed by atoms with van der Waals surface area (Å²) in [5.41, 5.74) is 1.11. The second kappa shape index (κ2) is 7.57. The van der Waals surface area contributed by atoms with E-state index >= 15 is 0 Å². The fourth-order valence-electron chi connectivity index (χ4n) is 2.80. The molecule has 1 aliphatic rings. The van der Waals surface area contributed by atoms with Gasteiger partial charge in [-0.25, -0.2) is 9.97 Å². The van der Waals surface area contributed by atoms with E-state index in [9.17, 15) is 0 Å². The second-order valence-corrected chi connectivity index (χ2v) is 9.18. The molecule has 0 N–H and O–H groups in total. The fourth-order valence-corrected chi connectivity index (χ4v) is 2.92. The van der Waals surface area contributed by atoms with Gasteiger partial charge >= 0.3 is 0 Å². The molecule has 0 atom stereocenters. The summed E-state index contributed by atoms with van der Waals surface area (Å²) in [6.07, 6.45) is 1.07. The quantitative estimate of drug-likeness (QED) is 0.771. The monoisotopic (exact) mass is 352 g/mol. The smallest absolute Gasteiger partial charge is 0.136 e. The molecule has 0 radical (unpaired) electrons. The van der Waals surface area contributed by atoms with E-state index < -0.39 is 0 Å². The van der Waals surface area contributed by atoms with E-state index in [1.54, 1.807) is 0 Å². The van der Waals surface area contributed by atoms with Crippen molar-refractivity contribution in [2.45, 2.75) is 58.8 Å². The van der Waals surface area contributed by atoms with Gasteiger partial charge in [-0.1, -0.05) is 41.5 Å². The van der Waals surface area contributed by atoms with Gasteiger partial charge in [-0.15, -0.1) is 11.6 Å². The Hall–Kier alpha value is -0.870. The Labute approximate surface area is 152 Å². The molecule has 0 bridgehead atoms. The molecule has 0 aliphatic carbocycles. The molecule has 1 aromatic heterocycles. The highest BCUT2D eigenvalue weighted by molar-refractivity contribution is 6.17. The van der Waals surface area contributed by atoms with E-state index in [1.165, 1.54) is 0 Å². The van der Waals surface area contributed by atoms with Crippen molar-refractivity contribution in [1.29, 1.82) is 0 Å². The SMILES string of the molecule is CC(C)(C)c1cc(N2CCN(CCCCl)CC2)nc(C(C)(C)C)n1. The minimum absolute atomic E-state index is 0.0276. The molecule has 0 saturated carbocycles. The van der Waals surface area contributed by atoms with Crippen LogP contribution in [0, 0.1) is 0 Å². The van der Waals surface area contributed by atoms with Crippen molar-refractivity contribution >= 4 is 17.4 Å². The van der Waals surface area contributed by atoms with Crippen molar-refractivity contribution in [3.8, 4) is 0 Å². The van der Waals surface area contributed by atoms with Crippen LogP contribution in [0.5, 0.6) is 0 Å². The number of nitrogens with zero attached hydrogens (tertiary/aromatic N) is 4. The number of alkyl halides is 1. The van der Waals surface area contributed by atoms with Gasteiger partial charge in [-0.3, -0.25) is 4.90 Å². The standard InChI is InChI=1S/C19H33ClN4/c1-18(2,3)15-14-16(22-17(21-15)19(4,5)6)24-12-10-23(11-13-24)9-7-8-20/h14H,7-13H2,1-6H3. The molecule has 0 aromatic carbocycles. The summed E-state index contributed by atoms with van der Waals surface area (Å²) < 4.78 is 0. The summed E-state index contributed by atoms with van der Waals surface area (Å²) in [7, 11) is 0. The molecule has 5 heteroatoms. The third kappa shape index (κ3) is 5.06. The molecule has 1 saturated heterocycles. The maximum absolute atomic E-state index is 5.81. The Morgan fingerprint density at radius 3 is 2.08 bits per heavy atom. The lowest BCUT2D eigenvalue weighted by atomic mass is 9.90. The van der Waals surface area contributed by atoms with Crippen LogP contribution in [-0.4, -0.2) is 53.5 Å². The zero-order valence-electron chi connectivity index (χ0n) is 16.2. The zero-order valence-corrected chi connectivity index (χ0v) is 16.9. The number of anilines is 1. The van der Waals surface area contributed by atoms with Crippen LogP contribution in [0.25, 0.3) is 0 Å². The van der Waals surface area contributed by atoms with Gasteiger partial charge in [0.2, 0.25) is 0 Å². The Morgan fingerprint density at radius 2 is 1.58 bits per heavy atom. The normalized spacial score (nSPS) is 17.4. The molecular weight excluding hydrogens is 320 g/mol. The molecule has 1 aromatic rings. The van der Waals surface area contributed by atoms with E-state index in [0.29, 0.717) is 0 Å². The number of rotatable bonds is 4. The van der Waals surface area contributed by atoms with Crippen LogP contribution >= 0.6 is 11.6 Å². The van der Waals surface area contributed by atoms with Crippen LogP contribution in [-0.2, 0) is 10.8 Å². The van der Waals surface area contributed by atoms with Crippen LogP contribution in [0.2, 0.25) is 0 Å². The maximum Gasteiger partial charge on any atom is 0.136 e. The minimum atomic E-state index is -0.0435. The second-order valence-electron chi connectivity index (χ2n) is 8.81. The van der Waals surface area contributed by atoms with E-state index in [1.807, 2.05) is 0 Å². The first-order chi connectivity index (χ1) is 11.1. The third-order valence-corrected chi connectivity index (χ3v) is 4.72. The number of hydrogen-bond donors (Lipinski definition) is 0. The number of aromatic nitrogens is 2. The van der Waals surface area contributed by atoms with E-state index in [4.69, 9.17) is 21.6 Å². The molecule has 0 unspecified atom stereocenters. The van der Waals surface area contributed by atoms with E-state index in [2.05, 4.69) is 57.4 Å². The summed E-state index contributed by atoms with van der Waals surface area (Å²) in [4.78, 5) is 14.7. The highest BCUT2D eigenvalue weighted by Crippen LogP contribution is 2.28. The largest absolute Gasteiger partial charge is 0.354 e. The summed E-state index contributed by atoms with van der Waals surface area (Å²) in [5, 5.41) is 0. The lowest BCUT2D eigenvalue weighted by molar-refractivity contribution is 0.258. The predicted molar refractivity (Wildman–Crippen MR) is 103 cm³/mol. The lowest BCUT2D eigenvalue weighted by Crippen LogP contribution is -2.47. The number of piperazine rings is 1. The van der Waals surface area contributed by atoms with Crippen LogP contribution in [0.15, 0.2) is 6.07 Å². The first kappa shape index (κ1) is 19.5. The van der Waals surface area contributed by atoms with Crippen LogP contribution < -0.4 is 4.90 Å². The Morgan fingerprint density at radius 1 is 0.958 bits per heavy atom. The molecule has 0 amide bonds. The first-order valence-electron chi connectivity index (χ1n) is 9.04. The summed E-state index contributed by atoms with van der Waals surface area (Å²) in [6.45, 7) is 18.5. The lowest BCUT2D eigenvalue weighted by Gasteiger charge is -2.36. The first-order valence-corrected chi connectivity index (χ1v) is 9.58. The summed E-state index contributed by atoms with van der Waals surface area (Å²) in [5.74, 6) is 2.77. The molecule has 136 valence electrons. The average Bonchev–Trinajstić information content (AvgIpc) is 2.51. The van der Waals surface area contributed by atoms with Crippen molar-refractivity contribution < 1.29 is 0 Å². The highest BCUT2D eigenvalue weighted by atomic mass is 35.5. The Kier molecular flexibility index (Phi) is 6.14. The van der Waals surface area contributed by atoms with Crippen molar-refractivity contribution in [2.75, 3.05) is 43.5 Å². The Balaban J connectivity index is 2.21. The van der Waals surface area contributed by atoms with Crippen molar-refractivity contribution in [1.82, 2.24) is 14.9 Å². The summed E-state index contributed by atoms with van der Waals surface area (Å²) >= 11 is 5.81. The van der Waals surface area contributed by atoms with Crippen LogP contribution in [0.4, 0.5) is 5.82 Å². The van der Waals surface area contributed by atoms with Gasteiger partial charge in [0.25, 0.3) is 0 Å². The van der Waals surface area contributed by atoms with Crippen molar-refractivity contribution in [3.05, 3.63) is 17.6 Å². The van der Waals surface area contributed by atoms with Gasteiger partial charge in [-0.05, 0) is 13.0 Å². The van der Waals surface area contributed by atoms with E-state index in [-0.39, 0.29) is 10.8 Å². The minimum Gasteiger partial charge on any atom is -0.354 e. The topological polar surface area (TPSA) is 32.3 Å². The molecular formula is C19H33ClN4. The average molecular weight is 353 g/mol. The molecule has 24 heavy (non-hydrogen) atoms.